The van der Waals surface area contributed by atoms with Crippen LogP contribution in [0.4, 0.5) is 0 Å². The number of para-hydroxylation sites is 1. The van der Waals surface area contributed by atoms with Crippen LogP contribution in [0.25, 0.3) is 0 Å². The van der Waals surface area contributed by atoms with Crippen LogP contribution >= 0.6 is 11.8 Å². The number of benzene rings is 3. The molecule has 1 N–H and O–H groups in total. The molecule has 0 unspecified atom stereocenters. The maximum Gasteiger partial charge on any atom is 0.341 e. The van der Waals surface area contributed by atoms with E-state index in [0.29, 0.717) is 42.5 Å². The third-order valence-corrected chi connectivity index (χ3v) is 7.91. The van der Waals surface area contributed by atoms with E-state index in [1.54, 1.807) is 30.3 Å². The van der Waals surface area contributed by atoms with Crippen LogP contribution in [-0.2, 0) is 14.8 Å². The van der Waals surface area contributed by atoms with E-state index in [1.807, 2.05) is 56.3 Å². The Labute approximate surface area is 210 Å². The van der Waals surface area contributed by atoms with Gasteiger partial charge in [0.1, 0.15) is 17.2 Å². The number of thioether (sulfide) groups is 1. The molecular weight excluding hydrogens is 486 g/mol. The second kappa shape index (κ2) is 12.6. The zero-order valence-electron chi connectivity index (χ0n) is 19.7. The van der Waals surface area contributed by atoms with Crippen LogP contribution in [0.5, 0.6) is 17.2 Å². The summed E-state index contributed by atoms with van der Waals surface area (Å²) >= 11 is 1.54. The monoisotopic (exact) mass is 515 g/mol. The Morgan fingerprint density at radius 2 is 1.66 bits per heavy atom. The van der Waals surface area contributed by atoms with Gasteiger partial charge in [-0.05, 0) is 73.5 Å². The predicted molar refractivity (Wildman–Crippen MR) is 137 cm³/mol. The van der Waals surface area contributed by atoms with Gasteiger partial charge in [-0.2, -0.15) is 4.31 Å². The first-order valence-corrected chi connectivity index (χ1v) is 13.6. The Morgan fingerprint density at radius 1 is 0.971 bits per heavy atom. The van der Waals surface area contributed by atoms with Gasteiger partial charge in [0.15, 0.2) is 6.61 Å². The minimum Gasteiger partial charge on any atom is -0.482 e. The molecule has 3 rings (SSSR count). The molecule has 3 aromatic rings. The highest BCUT2D eigenvalue weighted by Crippen LogP contribution is 2.27. The van der Waals surface area contributed by atoms with Gasteiger partial charge >= 0.3 is 5.97 Å². The third kappa shape index (κ3) is 7.74. The van der Waals surface area contributed by atoms with Gasteiger partial charge in [-0.1, -0.05) is 25.1 Å². The van der Waals surface area contributed by atoms with Crippen LogP contribution in [0.1, 0.15) is 18.9 Å². The van der Waals surface area contributed by atoms with Crippen LogP contribution in [0.3, 0.4) is 0 Å². The Hall–Kier alpha value is -3.01. The fraction of sp³-hybridized carbons (Fsp3) is 0.269. The molecule has 0 aliphatic heterocycles. The Bertz CT molecular complexity index is 1210. The molecule has 0 saturated carbocycles. The molecule has 186 valence electrons. The van der Waals surface area contributed by atoms with Gasteiger partial charge in [0.25, 0.3) is 0 Å². The van der Waals surface area contributed by atoms with Gasteiger partial charge in [0.2, 0.25) is 10.0 Å². The summed E-state index contributed by atoms with van der Waals surface area (Å²) in [5.74, 6) is 1.32. The van der Waals surface area contributed by atoms with Crippen molar-refractivity contribution in [2.24, 2.45) is 0 Å². The minimum atomic E-state index is -3.65. The summed E-state index contributed by atoms with van der Waals surface area (Å²) < 4.78 is 39.1. The maximum atomic E-state index is 13.3. The molecule has 0 atom stereocenters. The van der Waals surface area contributed by atoms with Crippen molar-refractivity contribution in [3.8, 4) is 17.2 Å². The molecule has 0 aliphatic rings. The summed E-state index contributed by atoms with van der Waals surface area (Å²) in [5.41, 5.74) is 0.826. The quantitative estimate of drug-likeness (QED) is 0.303. The first kappa shape index (κ1) is 26.6. The molecule has 7 nitrogen and oxygen atoms in total. The molecule has 0 radical (unpaired) electrons. The smallest absolute Gasteiger partial charge is 0.341 e. The Morgan fingerprint density at radius 3 is 2.29 bits per heavy atom. The first-order chi connectivity index (χ1) is 16.8. The fourth-order valence-corrected chi connectivity index (χ4v) is 5.95. The standard InChI is InChI=1S/C26H29NO6S2/c1-3-15-27(16-17-34-23-11-14-25(20(2)18-23)32-19-26(28)29)35(30,31)24-12-9-22(10-13-24)33-21-7-5-4-6-8-21/h4-14,18H,3,15-17,19H2,1-2H3,(H,28,29). The van der Waals surface area contributed by atoms with Crippen molar-refractivity contribution in [2.75, 3.05) is 25.4 Å². The highest BCUT2D eigenvalue weighted by atomic mass is 32.2. The molecule has 0 spiro atoms. The van der Waals surface area contributed by atoms with Crippen LogP contribution in [0.2, 0.25) is 0 Å². The molecule has 0 bridgehead atoms. The van der Waals surface area contributed by atoms with E-state index in [4.69, 9.17) is 14.6 Å². The van der Waals surface area contributed by atoms with E-state index >= 15 is 0 Å². The summed E-state index contributed by atoms with van der Waals surface area (Å²) in [6, 6.07) is 21.3. The highest BCUT2D eigenvalue weighted by Gasteiger charge is 2.23. The van der Waals surface area contributed by atoms with Gasteiger partial charge in [-0.3, -0.25) is 0 Å². The SMILES string of the molecule is CCCN(CCSc1ccc(OCC(=O)O)c(C)c1)S(=O)(=O)c1ccc(Oc2ccccc2)cc1. The number of ether oxygens (including phenoxy) is 2. The lowest BCUT2D eigenvalue weighted by molar-refractivity contribution is -0.139. The molecule has 9 heteroatoms. The van der Waals surface area contributed by atoms with Gasteiger partial charge in [-0.25, -0.2) is 13.2 Å². The van der Waals surface area contributed by atoms with Gasteiger partial charge in [-0.15, -0.1) is 11.8 Å². The number of carboxylic acid groups (broad SMARTS) is 1. The highest BCUT2D eigenvalue weighted by molar-refractivity contribution is 7.99. The van der Waals surface area contributed by atoms with E-state index in [9.17, 15) is 13.2 Å². The molecular formula is C26H29NO6S2. The summed E-state index contributed by atoms with van der Waals surface area (Å²) in [6.07, 6.45) is 0.702. The van der Waals surface area contributed by atoms with Crippen molar-refractivity contribution in [3.63, 3.8) is 0 Å². The summed E-state index contributed by atoms with van der Waals surface area (Å²) in [5, 5.41) is 8.76. The van der Waals surface area contributed by atoms with E-state index < -0.39 is 22.6 Å². The number of nitrogens with zero attached hydrogens (tertiary/aromatic N) is 1. The molecule has 0 aliphatic carbocycles. The lowest BCUT2D eigenvalue weighted by atomic mass is 10.2. The second-order valence-electron chi connectivity index (χ2n) is 7.75. The molecule has 0 saturated heterocycles. The topological polar surface area (TPSA) is 93.1 Å². The van der Waals surface area contributed by atoms with Gasteiger partial charge < -0.3 is 14.6 Å². The number of hydrogen-bond acceptors (Lipinski definition) is 6. The van der Waals surface area contributed by atoms with Crippen molar-refractivity contribution < 1.29 is 27.8 Å². The zero-order chi connectivity index (χ0) is 25.3. The first-order valence-electron chi connectivity index (χ1n) is 11.2. The van der Waals surface area contributed by atoms with E-state index in [2.05, 4.69) is 0 Å². The van der Waals surface area contributed by atoms with Crippen molar-refractivity contribution >= 4 is 27.8 Å². The van der Waals surface area contributed by atoms with Gasteiger partial charge in [0, 0.05) is 23.7 Å². The van der Waals surface area contributed by atoms with E-state index in [1.165, 1.54) is 16.1 Å². The number of carbonyl (C=O) groups is 1. The average Bonchev–Trinajstić information content (AvgIpc) is 2.84. The van der Waals surface area contributed by atoms with Crippen LogP contribution in [0, 0.1) is 6.92 Å². The zero-order valence-corrected chi connectivity index (χ0v) is 21.3. The largest absolute Gasteiger partial charge is 0.482 e. The average molecular weight is 516 g/mol. The molecule has 0 aromatic heterocycles. The maximum absolute atomic E-state index is 13.3. The van der Waals surface area contributed by atoms with Crippen molar-refractivity contribution in [1.82, 2.24) is 4.31 Å². The van der Waals surface area contributed by atoms with Crippen LogP contribution < -0.4 is 9.47 Å². The minimum absolute atomic E-state index is 0.229. The van der Waals surface area contributed by atoms with E-state index in [0.717, 1.165) is 10.5 Å². The van der Waals surface area contributed by atoms with Crippen molar-refractivity contribution in [3.05, 3.63) is 78.4 Å². The molecule has 35 heavy (non-hydrogen) atoms. The number of hydrogen-bond donors (Lipinski definition) is 1. The van der Waals surface area contributed by atoms with Crippen LogP contribution in [-0.4, -0.2) is 49.2 Å². The normalized spacial score (nSPS) is 11.4. The summed E-state index contributed by atoms with van der Waals surface area (Å²) in [6.45, 7) is 4.19. The number of rotatable bonds is 13. The second-order valence-corrected chi connectivity index (χ2v) is 10.9. The number of aryl methyl sites for hydroxylation is 1. The van der Waals surface area contributed by atoms with Crippen molar-refractivity contribution in [1.29, 1.82) is 0 Å². The molecule has 0 fully saturated rings. The summed E-state index contributed by atoms with van der Waals surface area (Å²) in [7, 11) is -3.65. The third-order valence-electron chi connectivity index (χ3n) is 5.02. The lowest BCUT2D eigenvalue weighted by Gasteiger charge is -2.21. The Kier molecular flexibility index (Phi) is 9.59. The van der Waals surface area contributed by atoms with Gasteiger partial charge in [0.05, 0.1) is 4.90 Å². The Balaban J connectivity index is 1.62. The number of aliphatic carboxylic acids is 1. The molecule has 0 heterocycles. The van der Waals surface area contributed by atoms with Crippen LogP contribution in [0.15, 0.2) is 82.6 Å². The van der Waals surface area contributed by atoms with E-state index in [-0.39, 0.29) is 4.90 Å². The lowest BCUT2D eigenvalue weighted by Crippen LogP contribution is -2.33. The fourth-order valence-electron chi connectivity index (χ4n) is 3.33. The summed E-state index contributed by atoms with van der Waals surface area (Å²) in [4.78, 5) is 11.9. The van der Waals surface area contributed by atoms with Crippen molar-refractivity contribution in [2.45, 2.75) is 30.1 Å². The molecule has 3 aromatic carbocycles. The predicted octanol–water partition coefficient (Wildman–Crippen LogP) is 5.44. The number of sulfonamides is 1. The molecule has 0 amide bonds. The number of carboxylic acids is 1.